The number of amides is 1. The fraction of sp³-hybridized carbons (Fsp3) is 0.391. The highest BCUT2D eigenvalue weighted by Crippen LogP contribution is 2.28. The molecule has 1 heterocycles. The van der Waals surface area contributed by atoms with Crippen molar-refractivity contribution < 1.29 is 9.00 Å². The van der Waals surface area contributed by atoms with Crippen LogP contribution in [0.5, 0.6) is 0 Å². The van der Waals surface area contributed by atoms with Gasteiger partial charge in [-0.3, -0.25) is 4.79 Å². The van der Waals surface area contributed by atoms with Crippen LogP contribution in [0.4, 0.5) is 0 Å². The first-order chi connectivity index (χ1) is 14.5. The van der Waals surface area contributed by atoms with Gasteiger partial charge in [-0.2, -0.15) is 5.26 Å². The third-order valence-electron chi connectivity index (χ3n) is 6.04. The van der Waals surface area contributed by atoms with Gasteiger partial charge in [-0.25, -0.2) is 8.93 Å². The Morgan fingerprint density at radius 2 is 1.87 bits per heavy atom. The lowest BCUT2D eigenvalue weighted by Crippen LogP contribution is -2.57. The van der Waals surface area contributed by atoms with E-state index in [4.69, 9.17) is 5.73 Å². The van der Waals surface area contributed by atoms with Crippen LogP contribution >= 0.6 is 0 Å². The van der Waals surface area contributed by atoms with Crippen LogP contribution in [-0.4, -0.2) is 21.7 Å². The third kappa shape index (κ3) is 4.31. The Bertz CT molecular complexity index is 1010. The molecule has 1 aliphatic heterocycles. The molecule has 7 heteroatoms. The number of fused-ring (bicyclic) bond motifs is 1. The van der Waals surface area contributed by atoms with Gasteiger partial charge in [0.25, 0.3) is 0 Å². The minimum absolute atomic E-state index is 0.213. The summed E-state index contributed by atoms with van der Waals surface area (Å²) in [4.78, 5) is 13.5. The van der Waals surface area contributed by atoms with Gasteiger partial charge in [0.2, 0.25) is 5.91 Å². The monoisotopic (exact) mass is 422 g/mol. The lowest BCUT2D eigenvalue weighted by atomic mass is 9.81. The van der Waals surface area contributed by atoms with Gasteiger partial charge in [-0.05, 0) is 47.2 Å². The maximum atomic E-state index is 12.6. The van der Waals surface area contributed by atoms with Gasteiger partial charge in [-0.1, -0.05) is 49.6 Å². The second-order valence-corrected chi connectivity index (χ2v) is 9.45. The standard InChI is InChI=1S/C23H26N4O2S/c24-14-20(27-22(28)23(25)10-2-1-3-11-23)12-16-4-6-17(7-5-16)18-8-9-21-19(13-18)15-26-30(21)29/h4-9,13,20,26H,1-3,10-12,15,25H2,(H,27,28)/t20-,30?/m0/s1. The van der Waals surface area contributed by atoms with E-state index < -0.39 is 22.6 Å². The molecule has 2 aliphatic rings. The Balaban J connectivity index is 1.42. The summed E-state index contributed by atoms with van der Waals surface area (Å²) in [6.45, 7) is 0.611. The first-order valence-corrected chi connectivity index (χ1v) is 11.5. The lowest BCUT2D eigenvalue weighted by Gasteiger charge is -2.32. The van der Waals surface area contributed by atoms with Crippen LogP contribution in [0.1, 0.15) is 43.2 Å². The molecule has 156 valence electrons. The van der Waals surface area contributed by atoms with Crippen LogP contribution in [0.15, 0.2) is 47.4 Å². The van der Waals surface area contributed by atoms with Crippen molar-refractivity contribution in [3.05, 3.63) is 53.6 Å². The van der Waals surface area contributed by atoms with Crippen LogP contribution in [0, 0.1) is 11.3 Å². The molecule has 1 fully saturated rings. The summed E-state index contributed by atoms with van der Waals surface area (Å²) in [5.41, 5.74) is 9.59. The predicted molar refractivity (Wildman–Crippen MR) is 116 cm³/mol. The minimum Gasteiger partial charge on any atom is -0.338 e. The molecule has 2 aromatic rings. The highest BCUT2D eigenvalue weighted by Gasteiger charge is 2.36. The zero-order chi connectivity index (χ0) is 21.1. The van der Waals surface area contributed by atoms with E-state index >= 15 is 0 Å². The predicted octanol–water partition coefficient (Wildman–Crippen LogP) is 2.69. The van der Waals surface area contributed by atoms with E-state index in [1.807, 2.05) is 36.4 Å². The number of carbonyl (C=O) groups is 1. The van der Waals surface area contributed by atoms with E-state index in [2.05, 4.69) is 22.2 Å². The fourth-order valence-corrected chi connectivity index (χ4v) is 5.21. The van der Waals surface area contributed by atoms with E-state index in [1.165, 1.54) is 0 Å². The smallest absolute Gasteiger partial charge is 0.241 e. The van der Waals surface area contributed by atoms with E-state index in [0.29, 0.717) is 25.8 Å². The van der Waals surface area contributed by atoms with E-state index in [0.717, 1.165) is 46.4 Å². The second-order valence-electron chi connectivity index (χ2n) is 8.19. The molecule has 1 unspecified atom stereocenters. The topological polar surface area (TPSA) is 108 Å². The van der Waals surface area contributed by atoms with Gasteiger partial charge >= 0.3 is 0 Å². The van der Waals surface area contributed by atoms with Gasteiger partial charge in [0.15, 0.2) is 0 Å². The van der Waals surface area contributed by atoms with Crippen molar-refractivity contribution in [1.29, 1.82) is 5.26 Å². The summed E-state index contributed by atoms with van der Waals surface area (Å²) in [5, 5.41) is 12.4. The van der Waals surface area contributed by atoms with Crippen LogP contribution in [0.3, 0.4) is 0 Å². The minimum atomic E-state index is -1.11. The fourth-order valence-electron chi connectivity index (χ4n) is 4.21. The van der Waals surface area contributed by atoms with Gasteiger partial charge in [0, 0.05) is 13.0 Å². The highest BCUT2D eigenvalue weighted by molar-refractivity contribution is 7.83. The Labute approximate surface area is 179 Å². The molecule has 0 aromatic heterocycles. The van der Waals surface area contributed by atoms with Gasteiger partial charge in [-0.15, -0.1) is 0 Å². The van der Waals surface area contributed by atoms with E-state index in [1.54, 1.807) is 0 Å². The first kappa shape index (κ1) is 20.7. The van der Waals surface area contributed by atoms with Crippen molar-refractivity contribution in [2.75, 3.05) is 0 Å². The molecular formula is C23H26N4O2S. The Morgan fingerprint density at radius 3 is 2.57 bits per heavy atom. The molecule has 1 amide bonds. The van der Waals surface area contributed by atoms with Crippen molar-refractivity contribution >= 4 is 16.9 Å². The number of hydrogen-bond acceptors (Lipinski definition) is 4. The van der Waals surface area contributed by atoms with Crippen molar-refractivity contribution in [2.24, 2.45) is 5.73 Å². The Hall–Kier alpha value is -2.53. The lowest BCUT2D eigenvalue weighted by molar-refractivity contribution is -0.127. The second kappa shape index (κ2) is 8.68. The average Bonchev–Trinajstić information content (AvgIpc) is 3.14. The largest absolute Gasteiger partial charge is 0.338 e. The van der Waals surface area contributed by atoms with Crippen LogP contribution in [0.25, 0.3) is 11.1 Å². The summed E-state index contributed by atoms with van der Waals surface area (Å²) in [6.07, 6.45) is 4.81. The maximum Gasteiger partial charge on any atom is 0.241 e. The number of hydrogen-bond donors (Lipinski definition) is 3. The third-order valence-corrected chi connectivity index (χ3v) is 7.24. The van der Waals surface area contributed by atoms with Crippen LogP contribution < -0.4 is 15.8 Å². The SMILES string of the molecule is N#C[C@H](Cc1ccc(-c2ccc3c(c2)CNS3=O)cc1)NC(=O)C1(N)CCCCC1. The summed E-state index contributed by atoms with van der Waals surface area (Å²) in [7, 11) is -1.11. The van der Waals surface area contributed by atoms with Crippen molar-refractivity contribution in [3.63, 3.8) is 0 Å². The number of nitriles is 1. The molecule has 0 radical (unpaired) electrons. The summed E-state index contributed by atoms with van der Waals surface area (Å²) in [5.74, 6) is -0.213. The molecule has 4 N–H and O–H groups in total. The molecule has 30 heavy (non-hydrogen) atoms. The molecule has 0 spiro atoms. The van der Waals surface area contributed by atoms with E-state index in [-0.39, 0.29) is 5.91 Å². The van der Waals surface area contributed by atoms with Gasteiger partial charge < -0.3 is 11.1 Å². The molecular weight excluding hydrogens is 396 g/mol. The normalized spacial score (nSPS) is 20.7. The quantitative estimate of drug-likeness (QED) is 0.688. The van der Waals surface area contributed by atoms with Crippen molar-refractivity contribution in [1.82, 2.24) is 10.0 Å². The molecule has 1 aliphatic carbocycles. The van der Waals surface area contributed by atoms with Crippen LogP contribution in [0.2, 0.25) is 0 Å². The molecule has 2 aromatic carbocycles. The Kier molecular flexibility index (Phi) is 6.00. The van der Waals surface area contributed by atoms with E-state index in [9.17, 15) is 14.3 Å². The maximum absolute atomic E-state index is 12.6. The highest BCUT2D eigenvalue weighted by atomic mass is 32.2. The Morgan fingerprint density at radius 1 is 1.17 bits per heavy atom. The number of carbonyl (C=O) groups excluding carboxylic acids is 1. The summed E-state index contributed by atoms with van der Waals surface area (Å²) >= 11 is 0. The number of nitrogens with zero attached hydrogens (tertiary/aromatic N) is 1. The zero-order valence-corrected chi connectivity index (χ0v) is 17.6. The number of nitrogens with two attached hydrogens (primary N) is 1. The van der Waals surface area contributed by atoms with Gasteiger partial charge in [0.05, 0.1) is 16.5 Å². The molecule has 1 saturated carbocycles. The molecule has 2 atom stereocenters. The summed E-state index contributed by atoms with van der Waals surface area (Å²) in [6, 6.07) is 15.5. The number of rotatable bonds is 5. The number of benzene rings is 2. The molecule has 6 nitrogen and oxygen atoms in total. The first-order valence-electron chi connectivity index (χ1n) is 10.4. The van der Waals surface area contributed by atoms with Crippen molar-refractivity contribution in [3.8, 4) is 17.2 Å². The average molecular weight is 423 g/mol. The van der Waals surface area contributed by atoms with Crippen LogP contribution in [-0.2, 0) is 28.7 Å². The molecule has 0 bridgehead atoms. The molecule has 4 rings (SSSR count). The summed E-state index contributed by atoms with van der Waals surface area (Å²) < 4.78 is 14.8. The van der Waals surface area contributed by atoms with Crippen molar-refractivity contribution in [2.45, 2.75) is 61.5 Å². The molecule has 0 saturated heterocycles. The van der Waals surface area contributed by atoms with Gasteiger partial charge in [0.1, 0.15) is 17.0 Å². The zero-order valence-electron chi connectivity index (χ0n) is 16.8. The number of nitrogens with one attached hydrogen (secondary N) is 2.